The number of carbonyl (C=O) groups excluding carboxylic acids is 1. The molecule has 1 aromatic heterocycles. The first-order valence-electron chi connectivity index (χ1n) is 11.5. The normalized spacial score (nSPS) is 16.1. The molecule has 7 heteroatoms. The number of rotatable bonds is 9. The summed E-state index contributed by atoms with van der Waals surface area (Å²) in [6, 6.07) is 10.2. The molecule has 0 bridgehead atoms. The number of piperazine rings is 1. The van der Waals surface area contributed by atoms with Crippen molar-refractivity contribution in [1.82, 2.24) is 10.2 Å². The molecule has 1 fully saturated rings. The standard InChI is InChI=1S/C27H32N4OS.CH4O/c1-6-9-21(7-2)18-30-20(5)26-24(29-8-3)16-25(33-26)22-10-12-23(13-11-22)27(32)31-15-14-28-17-19(31)4;1-2/h6-13,16,19,28-29H,1-3,14-15,17-18H2,4-5H3;2H,1H3/b21-9+,30-20?;. The third-order valence-corrected chi connectivity index (χ3v) is 6.88. The third kappa shape index (κ3) is 7.36. The second kappa shape index (κ2) is 14.2. The van der Waals surface area contributed by atoms with Crippen LogP contribution in [0.2, 0.25) is 0 Å². The summed E-state index contributed by atoms with van der Waals surface area (Å²) in [6.07, 6.45) is 7.13. The Morgan fingerprint density at radius 3 is 2.60 bits per heavy atom. The number of thiophene rings is 1. The molecule has 1 unspecified atom stereocenters. The van der Waals surface area contributed by atoms with Crippen LogP contribution in [0.15, 0.2) is 85.1 Å². The van der Waals surface area contributed by atoms with Gasteiger partial charge in [-0.25, -0.2) is 0 Å². The molecule has 1 aliphatic rings. The lowest BCUT2D eigenvalue weighted by molar-refractivity contribution is 0.0656. The molecule has 2 aromatic rings. The fourth-order valence-electron chi connectivity index (χ4n) is 3.72. The molecule has 0 aliphatic carbocycles. The van der Waals surface area contributed by atoms with E-state index in [1.54, 1.807) is 29.7 Å². The number of carbonyl (C=O) groups is 1. The molecule has 6 nitrogen and oxygen atoms in total. The van der Waals surface area contributed by atoms with Crippen LogP contribution in [-0.4, -0.2) is 61.0 Å². The van der Waals surface area contributed by atoms with E-state index in [9.17, 15) is 4.79 Å². The molecule has 1 aliphatic heterocycles. The van der Waals surface area contributed by atoms with Crippen molar-refractivity contribution in [3.63, 3.8) is 0 Å². The van der Waals surface area contributed by atoms with Gasteiger partial charge in [0.2, 0.25) is 0 Å². The highest BCUT2D eigenvalue weighted by Gasteiger charge is 2.24. The topological polar surface area (TPSA) is 77.0 Å². The highest BCUT2D eigenvalue weighted by molar-refractivity contribution is 7.18. The van der Waals surface area contributed by atoms with Gasteiger partial charge in [0, 0.05) is 43.2 Å². The Hall–Kier alpha value is -3.26. The van der Waals surface area contributed by atoms with Gasteiger partial charge in [0.1, 0.15) is 0 Å². The van der Waals surface area contributed by atoms with Crippen LogP contribution in [0, 0.1) is 0 Å². The Bertz CT molecular complexity index is 1080. The second-order valence-electron chi connectivity index (χ2n) is 7.91. The number of hydrogen-bond acceptors (Lipinski definition) is 6. The lowest BCUT2D eigenvalue weighted by Gasteiger charge is -2.34. The van der Waals surface area contributed by atoms with Crippen LogP contribution in [0.1, 0.15) is 29.1 Å². The Morgan fingerprint density at radius 2 is 2.00 bits per heavy atom. The van der Waals surface area contributed by atoms with Crippen molar-refractivity contribution in [3.8, 4) is 10.4 Å². The number of nitrogens with one attached hydrogen (secondary N) is 2. The minimum absolute atomic E-state index is 0.0880. The Balaban J connectivity index is 0.00000210. The molecule has 1 amide bonds. The summed E-state index contributed by atoms with van der Waals surface area (Å²) in [5.41, 5.74) is 4.70. The maximum atomic E-state index is 12.9. The first-order chi connectivity index (χ1) is 17.0. The third-order valence-electron chi connectivity index (χ3n) is 5.59. The van der Waals surface area contributed by atoms with Crippen LogP contribution >= 0.6 is 11.3 Å². The second-order valence-corrected chi connectivity index (χ2v) is 8.97. The molecule has 0 radical (unpaired) electrons. The van der Waals surface area contributed by atoms with Crippen LogP contribution in [0.3, 0.4) is 0 Å². The van der Waals surface area contributed by atoms with E-state index in [1.807, 2.05) is 42.2 Å². The van der Waals surface area contributed by atoms with Crippen molar-refractivity contribution in [1.29, 1.82) is 0 Å². The largest absolute Gasteiger partial charge is 0.400 e. The molecule has 0 saturated carbocycles. The zero-order chi connectivity index (χ0) is 25.8. The SMILES string of the molecule is C=C/C=C(\C=C)CN=C(C)c1sc(-c2ccc(C(=O)N3CCNCC3C)cc2)cc1NC=C.CO. The van der Waals surface area contributed by atoms with E-state index in [2.05, 4.69) is 43.4 Å². The van der Waals surface area contributed by atoms with Gasteiger partial charge in [0.25, 0.3) is 5.91 Å². The average molecular weight is 493 g/mol. The van der Waals surface area contributed by atoms with Gasteiger partial charge in [-0.15, -0.1) is 11.3 Å². The minimum atomic E-state index is 0.0880. The van der Waals surface area contributed by atoms with E-state index in [4.69, 9.17) is 10.1 Å². The number of amides is 1. The summed E-state index contributed by atoms with van der Waals surface area (Å²) >= 11 is 1.67. The Kier molecular flexibility index (Phi) is 11.4. The van der Waals surface area contributed by atoms with Gasteiger partial charge in [-0.2, -0.15) is 0 Å². The zero-order valence-corrected chi connectivity index (χ0v) is 21.7. The van der Waals surface area contributed by atoms with Crippen molar-refractivity contribution in [2.75, 3.05) is 38.6 Å². The first-order valence-corrected chi connectivity index (χ1v) is 12.3. The minimum Gasteiger partial charge on any atom is -0.400 e. The molecule has 1 atom stereocenters. The van der Waals surface area contributed by atoms with E-state index in [1.165, 1.54) is 0 Å². The van der Waals surface area contributed by atoms with Crippen LogP contribution in [0.25, 0.3) is 10.4 Å². The van der Waals surface area contributed by atoms with Crippen molar-refractivity contribution in [2.45, 2.75) is 19.9 Å². The number of benzene rings is 1. The molecule has 2 heterocycles. The molecule has 0 spiro atoms. The Morgan fingerprint density at radius 1 is 1.29 bits per heavy atom. The summed E-state index contributed by atoms with van der Waals surface area (Å²) in [5, 5.41) is 13.6. The molecular formula is C28H36N4O2S. The summed E-state index contributed by atoms with van der Waals surface area (Å²) in [7, 11) is 1.00. The smallest absolute Gasteiger partial charge is 0.254 e. The van der Waals surface area contributed by atoms with Crippen molar-refractivity contribution in [2.24, 2.45) is 4.99 Å². The lowest BCUT2D eigenvalue weighted by atomic mass is 10.1. The van der Waals surface area contributed by atoms with E-state index in [0.717, 1.165) is 64.6 Å². The van der Waals surface area contributed by atoms with Gasteiger partial charge in [-0.05, 0) is 49.4 Å². The monoisotopic (exact) mass is 492 g/mol. The highest BCUT2D eigenvalue weighted by Crippen LogP contribution is 2.35. The first kappa shape index (κ1) is 28.0. The highest BCUT2D eigenvalue weighted by atomic mass is 32.1. The van der Waals surface area contributed by atoms with Gasteiger partial charge in [-0.3, -0.25) is 9.79 Å². The van der Waals surface area contributed by atoms with E-state index in [0.29, 0.717) is 6.54 Å². The molecule has 1 saturated heterocycles. The number of nitrogens with zero attached hydrogens (tertiary/aromatic N) is 2. The van der Waals surface area contributed by atoms with E-state index < -0.39 is 0 Å². The van der Waals surface area contributed by atoms with Gasteiger partial charge < -0.3 is 20.6 Å². The van der Waals surface area contributed by atoms with Crippen molar-refractivity contribution < 1.29 is 9.90 Å². The van der Waals surface area contributed by atoms with Crippen LogP contribution < -0.4 is 10.6 Å². The molecule has 186 valence electrons. The number of anilines is 1. The van der Waals surface area contributed by atoms with Crippen LogP contribution in [0.5, 0.6) is 0 Å². The van der Waals surface area contributed by atoms with Gasteiger partial charge in [0.05, 0.1) is 22.8 Å². The molecule has 3 rings (SSSR count). The zero-order valence-electron chi connectivity index (χ0n) is 20.9. The quantitative estimate of drug-likeness (QED) is 0.335. The predicted molar refractivity (Wildman–Crippen MR) is 151 cm³/mol. The molecule has 1 aromatic carbocycles. The Labute approximate surface area is 213 Å². The van der Waals surface area contributed by atoms with Crippen LogP contribution in [0.4, 0.5) is 5.69 Å². The van der Waals surface area contributed by atoms with Crippen LogP contribution in [-0.2, 0) is 0 Å². The number of aliphatic hydroxyl groups excluding tert-OH is 1. The summed E-state index contributed by atoms with van der Waals surface area (Å²) in [6.45, 7) is 18.4. The summed E-state index contributed by atoms with van der Waals surface area (Å²) < 4.78 is 0. The van der Waals surface area contributed by atoms with E-state index in [-0.39, 0.29) is 11.9 Å². The number of allylic oxidation sites excluding steroid dienone is 2. The predicted octanol–water partition coefficient (Wildman–Crippen LogP) is 5.12. The summed E-state index contributed by atoms with van der Waals surface area (Å²) in [4.78, 5) is 21.8. The van der Waals surface area contributed by atoms with Crippen molar-refractivity contribution >= 4 is 28.6 Å². The fraction of sp³-hybridized carbons (Fsp3) is 0.286. The number of aliphatic imine (C=N–C) groups is 1. The van der Waals surface area contributed by atoms with Crippen molar-refractivity contribution in [3.05, 3.63) is 90.5 Å². The van der Waals surface area contributed by atoms with Gasteiger partial charge in [-0.1, -0.05) is 50.1 Å². The van der Waals surface area contributed by atoms with Gasteiger partial charge in [0.15, 0.2) is 0 Å². The fourth-order valence-corrected chi connectivity index (χ4v) is 4.81. The number of aliphatic hydroxyl groups is 1. The van der Waals surface area contributed by atoms with Gasteiger partial charge >= 0.3 is 0 Å². The molecule has 3 N–H and O–H groups in total. The lowest BCUT2D eigenvalue weighted by Crippen LogP contribution is -2.52. The average Bonchev–Trinajstić information content (AvgIpc) is 3.32. The number of hydrogen-bond donors (Lipinski definition) is 3. The molecule has 35 heavy (non-hydrogen) atoms. The summed E-state index contributed by atoms with van der Waals surface area (Å²) in [5.74, 6) is 0.0880. The maximum absolute atomic E-state index is 12.9. The van der Waals surface area contributed by atoms with E-state index >= 15 is 0 Å². The maximum Gasteiger partial charge on any atom is 0.254 e. The molecular weight excluding hydrogens is 456 g/mol.